The highest BCUT2D eigenvalue weighted by atomic mass is 79.9. The fourth-order valence-corrected chi connectivity index (χ4v) is 6.49. The lowest BCUT2D eigenvalue weighted by Gasteiger charge is -2.37. The molecule has 5 aromatic carbocycles. The van der Waals surface area contributed by atoms with Gasteiger partial charge in [0.05, 0.1) is 11.7 Å². The van der Waals surface area contributed by atoms with E-state index in [4.69, 9.17) is 9.73 Å². The van der Waals surface area contributed by atoms with Gasteiger partial charge < -0.3 is 10.1 Å². The molecule has 1 aliphatic heterocycles. The quantitative estimate of drug-likeness (QED) is 0.156. The summed E-state index contributed by atoms with van der Waals surface area (Å²) in [6.07, 6.45) is 7.79. The number of hydrogen-bond donors (Lipinski definition) is 1. The van der Waals surface area contributed by atoms with Gasteiger partial charge in [0, 0.05) is 27.9 Å². The van der Waals surface area contributed by atoms with Gasteiger partial charge in [-0.3, -0.25) is 4.99 Å². The number of allylic oxidation sites excluding steroid dienone is 2. The zero-order chi connectivity index (χ0) is 27.8. The highest BCUT2D eigenvalue weighted by Crippen LogP contribution is 2.50. The van der Waals surface area contributed by atoms with Gasteiger partial charge >= 0.3 is 0 Å². The van der Waals surface area contributed by atoms with E-state index >= 15 is 0 Å². The average molecular weight is 600 g/mol. The van der Waals surface area contributed by atoms with E-state index in [0.29, 0.717) is 18.4 Å². The van der Waals surface area contributed by atoms with Gasteiger partial charge in [-0.1, -0.05) is 100 Å². The number of hydrogen-bond acceptors (Lipinski definition) is 3. The third-order valence-electron chi connectivity index (χ3n) is 8.35. The second-order valence-electron chi connectivity index (χ2n) is 11.0. The summed E-state index contributed by atoms with van der Waals surface area (Å²) in [4.78, 5) is 4.91. The van der Waals surface area contributed by atoms with Crippen molar-refractivity contribution in [1.82, 2.24) is 0 Å². The minimum Gasteiger partial charge on any atom is -0.488 e. The second kappa shape index (κ2) is 11.0. The summed E-state index contributed by atoms with van der Waals surface area (Å²) in [5, 5.41) is 6.14. The van der Waals surface area contributed by atoms with Crippen LogP contribution in [-0.4, -0.2) is 6.21 Å². The summed E-state index contributed by atoms with van der Waals surface area (Å²) >= 11 is 3.51. The Morgan fingerprint density at radius 3 is 2.61 bits per heavy atom. The standard InChI is InChI=1S/C37H31BrN2O/c1-24-9-19-35-33(21-24)31-7-4-8-32(31)37(40-35)27-12-17-29(18-13-27)39-22-34-30-6-3-2-5-26(30)14-20-36(34)41-23-25-10-15-28(38)16-11-25/h2-7,9-22,31-32,37,40H,8,23H2,1H3/t31-,32+,37+/m1/s1. The van der Waals surface area contributed by atoms with Crippen molar-refractivity contribution in [2.24, 2.45) is 10.9 Å². The molecule has 0 saturated carbocycles. The Kier molecular flexibility index (Phi) is 6.93. The predicted octanol–water partition coefficient (Wildman–Crippen LogP) is 10.1. The third kappa shape index (κ3) is 5.20. The summed E-state index contributed by atoms with van der Waals surface area (Å²) < 4.78 is 7.37. The van der Waals surface area contributed by atoms with Crippen LogP contribution < -0.4 is 10.1 Å². The Hall–Kier alpha value is -4.15. The number of benzene rings is 5. The summed E-state index contributed by atoms with van der Waals surface area (Å²) in [6.45, 7) is 2.67. The minimum atomic E-state index is 0.278. The first-order chi connectivity index (χ1) is 20.1. The van der Waals surface area contributed by atoms with E-state index < -0.39 is 0 Å². The molecule has 1 heterocycles. The zero-order valence-corrected chi connectivity index (χ0v) is 24.5. The largest absolute Gasteiger partial charge is 0.488 e. The maximum Gasteiger partial charge on any atom is 0.129 e. The molecule has 0 aromatic heterocycles. The number of fused-ring (bicyclic) bond motifs is 4. The predicted molar refractivity (Wildman–Crippen MR) is 174 cm³/mol. The van der Waals surface area contributed by atoms with E-state index in [1.54, 1.807) is 0 Å². The van der Waals surface area contributed by atoms with E-state index in [-0.39, 0.29) is 6.04 Å². The summed E-state index contributed by atoms with van der Waals surface area (Å²) in [5.74, 6) is 1.82. The molecule has 0 amide bonds. The van der Waals surface area contributed by atoms with Crippen molar-refractivity contribution in [1.29, 1.82) is 0 Å². The number of anilines is 1. The second-order valence-corrected chi connectivity index (χ2v) is 11.9. The molecule has 1 N–H and O–H groups in total. The molecule has 0 spiro atoms. The maximum absolute atomic E-state index is 6.31. The lowest BCUT2D eigenvalue weighted by molar-refractivity contribution is 0.306. The van der Waals surface area contributed by atoms with Gasteiger partial charge in [-0.05, 0) is 83.1 Å². The van der Waals surface area contributed by atoms with Gasteiger partial charge in [0.1, 0.15) is 12.4 Å². The normalized spacial score (nSPS) is 19.2. The van der Waals surface area contributed by atoms with E-state index in [2.05, 4.69) is 125 Å². The number of aryl methyl sites for hydroxylation is 1. The molecule has 0 saturated heterocycles. The van der Waals surface area contributed by atoms with Crippen LogP contribution in [0.15, 0.2) is 125 Å². The third-order valence-corrected chi connectivity index (χ3v) is 8.88. The van der Waals surface area contributed by atoms with Crippen LogP contribution >= 0.6 is 15.9 Å². The van der Waals surface area contributed by atoms with Crippen LogP contribution in [0.5, 0.6) is 5.75 Å². The van der Waals surface area contributed by atoms with Crippen LogP contribution in [0, 0.1) is 12.8 Å². The number of nitrogens with one attached hydrogen (secondary N) is 1. The smallest absolute Gasteiger partial charge is 0.129 e. The van der Waals surface area contributed by atoms with Crippen molar-refractivity contribution in [2.45, 2.75) is 31.9 Å². The Labute approximate surface area is 249 Å². The first-order valence-electron chi connectivity index (χ1n) is 14.2. The van der Waals surface area contributed by atoms with Gasteiger partial charge in [-0.15, -0.1) is 0 Å². The van der Waals surface area contributed by atoms with Crippen molar-refractivity contribution in [3.63, 3.8) is 0 Å². The van der Waals surface area contributed by atoms with Gasteiger partial charge in [-0.2, -0.15) is 0 Å². The number of rotatable bonds is 6. The Morgan fingerprint density at radius 1 is 0.927 bits per heavy atom. The van der Waals surface area contributed by atoms with E-state index in [1.807, 2.05) is 24.4 Å². The van der Waals surface area contributed by atoms with Gasteiger partial charge in [0.2, 0.25) is 0 Å². The average Bonchev–Trinajstić information content (AvgIpc) is 3.50. The topological polar surface area (TPSA) is 33.6 Å². The number of aliphatic imine (C=N–C) groups is 1. The molecule has 5 aromatic rings. The first kappa shape index (κ1) is 25.8. The van der Waals surface area contributed by atoms with E-state index in [0.717, 1.165) is 38.8 Å². The first-order valence-corrected chi connectivity index (χ1v) is 15.0. The molecule has 2 aliphatic rings. The monoisotopic (exact) mass is 598 g/mol. The molecule has 0 radical (unpaired) electrons. The molecule has 3 nitrogen and oxygen atoms in total. The SMILES string of the molecule is Cc1ccc2c(c1)[C@@H]1C=CC[C@@H]1[C@H](c1ccc(N=Cc3c(OCc4ccc(Br)cc4)ccc4ccccc34)cc1)N2. The zero-order valence-electron chi connectivity index (χ0n) is 22.9. The van der Waals surface area contributed by atoms with Crippen LogP contribution in [0.25, 0.3) is 10.8 Å². The minimum absolute atomic E-state index is 0.278. The molecule has 0 bridgehead atoms. The van der Waals surface area contributed by atoms with E-state index in [1.165, 1.54) is 27.8 Å². The molecule has 4 heteroatoms. The molecule has 7 rings (SSSR count). The van der Waals surface area contributed by atoms with Crippen molar-refractivity contribution in [3.05, 3.63) is 148 Å². The van der Waals surface area contributed by atoms with E-state index in [9.17, 15) is 0 Å². The van der Waals surface area contributed by atoms with Crippen LogP contribution in [-0.2, 0) is 6.61 Å². The number of nitrogens with zero attached hydrogens (tertiary/aromatic N) is 1. The molecule has 0 fully saturated rings. The summed E-state index contributed by atoms with van der Waals surface area (Å²) in [6, 6.07) is 36.5. The Balaban J connectivity index is 1.15. The van der Waals surface area contributed by atoms with Crippen molar-refractivity contribution in [2.75, 3.05) is 5.32 Å². The molecule has 0 unspecified atom stereocenters. The van der Waals surface area contributed by atoms with Crippen LogP contribution in [0.3, 0.4) is 0 Å². The van der Waals surface area contributed by atoms with Crippen LogP contribution in [0.1, 0.15) is 46.2 Å². The molecule has 202 valence electrons. The fraction of sp³-hybridized carbons (Fsp3) is 0.162. The lowest BCUT2D eigenvalue weighted by Crippen LogP contribution is -2.29. The fourth-order valence-electron chi connectivity index (χ4n) is 6.23. The molecule has 3 atom stereocenters. The summed E-state index contributed by atoms with van der Waals surface area (Å²) in [5.41, 5.74) is 8.33. The Morgan fingerprint density at radius 2 is 1.76 bits per heavy atom. The van der Waals surface area contributed by atoms with Crippen LogP contribution in [0.4, 0.5) is 11.4 Å². The van der Waals surface area contributed by atoms with Crippen molar-refractivity contribution in [3.8, 4) is 5.75 Å². The van der Waals surface area contributed by atoms with Crippen molar-refractivity contribution >= 4 is 44.3 Å². The molecule has 1 aliphatic carbocycles. The highest BCUT2D eigenvalue weighted by Gasteiger charge is 2.37. The molecule has 41 heavy (non-hydrogen) atoms. The molecular formula is C37H31BrN2O. The Bertz CT molecular complexity index is 1770. The molecular weight excluding hydrogens is 568 g/mol. The lowest BCUT2D eigenvalue weighted by atomic mass is 9.76. The van der Waals surface area contributed by atoms with Gasteiger partial charge in [-0.25, -0.2) is 0 Å². The van der Waals surface area contributed by atoms with Gasteiger partial charge in [0.25, 0.3) is 0 Å². The van der Waals surface area contributed by atoms with Crippen molar-refractivity contribution < 1.29 is 4.74 Å². The maximum atomic E-state index is 6.31. The number of ether oxygens (including phenoxy) is 1. The number of halogens is 1. The summed E-state index contributed by atoms with van der Waals surface area (Å²) in [7, 11) is 0. The highest BCUT2D eigenvalue weighted by molar-refractivity contribution is 9.10. The van der Waals surface area contributed by atoms with Crippen LogP contribution in [0.2, 0.25) is 0 Å². The van der Waals surface area contributed by atoms with Gasteiger partial charge in [0.15, 0.2) is 0 Å².